The first-order chi connectivity index (χ1) is 7.65. The van der Waals surface area contributed by atoms with E-state index in [9.17, 15) is 10.1 Å². The number of nitrogens with one attached hydrogen (secondary N) is 2. The predicted octanol–water partition coefficient (Wildman–Crippen LogP) is 2.07. The zero-order valence-corrected chi connectivity index (χ0v) is 9.29. The van der Waals surface area contributed by atoms with E-state index in [1.54, 1.807) is 24.3 Å². The summed E-state index contributed by atoms with van der Waals surface area (Å²) in [5.41, 5.74) is 0.360. The normalized spacial score (nSPS) is 9.25. The van der Waals surface area contributed by atoms with E-state index in [1.807, 2.05) is 0 Å². The van der Waals surface area contributed by atoms with Gasteiger partial charge in [0.05, 0.1) is 4.92 Å². The molecule has 84 valence electrons. The Morgan fingerprint density at radius 1 is 1.56 bits per heavy atom. The summed E-state index contributed by atoms with van der Waals surface area (Å²) in [6, 6.07) is 6.31. The first kappa shape index (κ1) is 12.1. The van der Waals surface area contributed by atoms with Gasteiger partial charge in [0.2, 0.25) is 0 Å². The van der Waals surface area contributed by atoms with E-state index in [0.29, 0.717) is 17.3 Å². The van der Waals surface area contributed by atoms with Crippen LogP contribution in [0.1, 0.15) is 0 Å². The molecule has 0 saturated heterocycles. The molecule has 0 aliphatic rings. The van der Waals surface area contributed by atoms with Gasteiger partial charge >= 0.3 is 0 Å². The van der Waals surface area contributed by atoms with Gasteiger partial charge in [-0.2, -0.15) is 0 Å². The Bertz CT molecular complexity index is 420. The molecule has 1 rings (SSSR count). The third kappa shape index (κ3) is 3.32. The summed E-state index contributed by atoms with van der Waals surface area (Å²) in [7, 11) is 0. The SMILES string of the molecule is C=CCNC(=S)Nc1ccccc1[N+](=O)[O-]. The Balaban J connectivity index is 2.76. The van der Waals surface area contributed by atoms with Crippen LogP contribution in [-0.4, -0.2) is 16.6 Å². The number of rotatable bonds is 4. The fourth-order valence-corrected chi connectivity index (χ4v) is 1.26. The van der Waals surface area contributed by atoms with E-state index in [-0.39, 0.29) is 5.69 Å². The first-order valence-corrected chi connectivity index (χ1v) is 4.95. The van der Waals surface area contributed by atoms with Gasteiger partial charge in [0.25, 0.3) is 5.69 Å². The molecule has 0 saturated carbocycles. The quantitative estimate of drug-likeness (QED) is 0.363. The van der Waals surface area contributed by atoms with Crippen molar-refractivity contribution in [2.75, 3.05) is 11.9 Å². The highest BCUT2D eigenvalue weighted by Crippen LogP contribution is 2.22. The average Bonchev–Trinajstić information content (AvgIpc) is 2.27. The van der Waals surface area contributed by atoms with Crippen molar-refractivity contribution in [2.24, 2.45) is 0 Å². The summed E-state index contributed by atoms with van der Waals surface area (Å²) >= 11 is 4.96. The minimum Gasteiger partial charge on any atom is -0.359 e. The third-order valence-corrected chi connectivity index (χ3v) is 2.00. The van der Waals surface area contributed by atoms with E-state index < -0.39 is 4.92 Å². The lowest BCUT2D eigenvalue weighted by atomic mass is 10.3. The van der Waals surface area contributed by atoms with Crippen molar-refractivity contribution in [3.05, 3.63) is 47.0 Å². The fraction of sp³-hybridized carbons (Fsp3) is 0.100. The topological polar surface area (TPSA) is 67.2 Å². The van der Waals surface area contributed by atoms with Crippen LogP contribution in [-0.2, 0) is 0 Å². The van der Waals surface area contributed by atoms with Gasteiger partial charge in [-0.25, -0.2) is 0 Å². The summed E-state index contributed by atoms with van der Waals surface area (Å²) < 4.78 is 0. The van der Waals surface area contributed by atoms with Crippen LogP contribution >= 0.6 is 12.2 Å². The molecule has 0 atom stereocenters. The maximum Gasteiger partial charge on any atom is 0.292 e. The van der Waals surface area contributed by atoms with Gasteiger partial charge in [-0.3, -0.25) is 10.1 Å². The van der Waals surface area contributed by atoms with E-state index in [0.717, 1.165) is 0 Å². The molecular weight excluding hydrogens is 226 g/mol. The number of benzene rings is 1. The van der Waals surface area contributed by atoms with Gasteiger partial charge in [-0.15, -0.1) is 6.58 Å². The number of nitro groups is 1. The highest BCUT2D eigenvalue weighted by atomic mass is 32.1. The Morgan fingerprint density at radius 2 is 2.25 bits per heavy atom. The molecule has 0 radical (unpaired) electrons. The van der Waals surface area contributed by atoms with Crippen molar-refractivity contribution in [1.29, 1.82) is 0 Å². The molecule has 0 bridgehead atoms. The molecule has 0 unspecified atom stereocenters. The smallest absolute Gasteiger partial charge is 0.292 e. The number of anilines is 1. The molecule has 0 amide bonds. The number of hydrogen-bond donors (Lipinski definition) is 2. The summed E-state index contributed by atoms with van der Waals surface area (Å²) in [6.45, 7) is 4.03. The lowest BCUT2D eigenvalue weighted by molar-refractivity contribution is -0.383. The number of nitro benzene ring substituents is 1. The fourth-order valence-electron chi connectivity index (χ4n) is 1.07. The van der Waals surface area contributed by atoms with Crippen LogP contribution in [0.5, 0.6) is 0 Å². The van der Waals surface area contributed by atoms with Gasteiger partial charge in [0, 0.05) is 12.6 Å². The zero-order chi connectivity index (χ0) is 12.0. The van der Waals surface area contributed by atoms with Crippen molar-refractivity contribution in [3.8, 4) is 0 Å². The monoisotopic (exact) mass is 237 g/mol. The lowest BCUT2D eigenvalue weighted by Crippen LogP contribution is -2.28. The molecule has 0 fully saturated rings. The molecule has 0 spiro atoms. The van der Waals surface area contributed by atoms with Crippen molar-refractivity contribution >= 4 is 28.7 Å². The molecule has 1 aromatic carbocycles. The van der Waals surface area contributed by atoms with Gasteiger partial charge in [0.15, 0.2) is 5.11 Å². The summed E-state index contributed by atoms with van der Waals surface area (Å²) in [5, 5.41) is 16.6. The number of hydrogen-bond acceptors (Lipinski definition) is 3. The molecule has 5 nitrogen and oxygen atoms in total. The second-order valence-corrected chi connectivity index (χ2v) is 3.31. The molecule has 0 aliphatic carbocycles. The molecule has 0 aromatic heterocycles. The Hall–Kier alpha value is -1.95. The van der Waals surface area contributed by atoms with Crippen LogP contribution in [0, 0.1) is 10.1 Å². The Kier molecular flexibility index (Phi) is 4.41. The van der Waals surface area contributed by atoms with Crippen LogP contribution < -0.4 is 10.6 Å². The highest BCUT2D eigenvalue weighted by Gasteiger charge is 2.12. The van der Waals surface area contributed by atoms with Gasteiger partial charge in [0.1, 0.15) is 5.69 Å². The molecular formula is C10H11N3O2S. The van der Waals surface area contributed by atoms with Crippen LogP contribution in [0.4, 0.5) is 11.4 Å². The number of para-hydroxylation sites is 2. The Labute approximate surface area is 98.3 Å². The van der Waals surface area contributed by atoms with Crippen LogP contribution in [0.25, 0.3) is 0 Å². The molecule has 6 heteroatoms. The van der Waals surface area contributed by atoms with Crippen LogP contribution in [0.3, 0.4) is 0 Å². The van der Waals surface area contributed by atoms with E-state index in [2.05, 4.69) is 17.2 Å². The van der Waals surface area contributed by atoms with Gasteiger partial charge < -0.3 is 10.6 Å². The molecule has 16 heavy (non-hydrogen) atoms. The molecule has 2 N–H and O–H groups in total. The molecule has 1 aromatic rings. The minimum absolute atomic E-state index is 0.00902. The minimum atomic E-state index is -0.460. The van der Waals surface area contributed by atoms with E-state index >= 15 is 0 Å². The average molecular weight is 237 g/mol. The summed E-state index contributed by atoms with van der Waals surface area (Å²) in [5.74, 6) is 0. The predicted molar refractivity (Wildman–Crippen MR) is 67.5 cm³/mol. The van der Waals surface area contributed by atoms with E-state index in [4.69, 9.17) is 12.2 Å². The molecule has 0 heterocycles. The van der Waals surface area contributed by atoms with Crippen LogP contribution in [0.2, 0.25) is 0 Å². The Morgan fingerprint density at radius 3 is 2.88 bits per heavy atom. The standard InChI is InChI=1S/C10H11N3O2S/c1-2-7-11-10(16)12-8-5-3-4-6-9(8)13(14)15/h2-6H,1,7H2,(H2,11,12,16). The maximum absolute atomic E-state index is 10.7. The largest absolute Gasteiger partial charge is 0.359 e. The summed E-state index contributed by atoms with van der Waals surface area (Å²) in [4.78, 5) is 10.2. The molecule has 0 aliphatic heterocycles. The lowest BCUT2D eigenvalue weighted by Gasteiger charge is -2.08. The zero-order valence-electron chi connectivity index (χ0n) is 8.47. The second kappa shape index (κ2) is 5.82. The second-order valence-electron chi connectivity index (χ2n) is 2.90. The van der Waals surface area contributed by atoms with Gasteiger partial charge in [-0.05, 0) is 18.3 Å². The highest BCUT2D eigenvalue weighted by molar-refractivity contribution is 7.80. The van der Waals surface area contributed by atoms with Crippen LogP contribution in [0.15, 0.2) is 36.9 Å². The van der Waals surface area contributed by atoms with Gasteiger partial charge in [-0.1, -0.05) is 18.2 Å². The number of nitrogens with zero attached hydrogens (tertiary/aromatic N) is 1. The van der Waals surface area contributed by atoms with Crippen molar-refractivity contribution in [1.82, 2.24) is 5.32 Å². The summed E-state index contributed by atoms with van der Waals surface area (Å²) in [6.07, 6.45) is 1.65. The van der Waals surface area contributed by atoms with Crippen molar-refractivity contribution < 1.29 is 4.92 Å². The maximum atomic E-state index is 10.7. The first-order valence-electron chi connectivity index (χ1n) is 4.54. The third-order valence-electron chi connectivity index (χ3n) is 1.76. The number of thiocarbonyl (C=S) groups is 1. The van der Waals surface area contributed by atoms with E-state index in [1.165, 1.54) is 6.07 Å². The van der Waals surface area contributed by atoms with Crippen molar-refractivity contribution in [3.63, 3.8) is 0 Å². The van der Waals surface area contributed by atoms with Crippen molar-refractivity contribution in [2.45, 2.75) is 0 Å².